The molecule has 0 aromatic heterocycles. The number of rotatable bonds is 10. The normalized spacial score (nSPS) is 38.7. The van der Waals surface area contributed by atoms with Crippen molar-refractivity contribution < 1.29 is 0 Å². The summed E-state index contributed by atoms with van der Waals surface area (Å²) in [6, 6.07) is 3.22. The topological polar surface area (TPSA) is 6.48 Å². The molecule has 3 fully saturated rings. The molecule has 0 aromatic rings. The molecule has 0 aliphatic heterocycles. The van der Waals surface area contributed by atoms with Crippen LogP contribution in [0.1, 0.15) is 180 Å². The maximum absolute atomic E-state index is 3.08. The van der Waals surface area contributed by atoms with E-state index in [4.69, 9.17) is 0 Å². The summed E-state index contributed by atoms with van der Waals surface area (Å²) in [5.74, 6) is 5.81. The van der Waals surface area contributed by atoms with Gasteiger partial charge in [0.15, 0.2) is 0 Å². The second-order valence-corrected chi connectivity index (χ2v) is 20.6. The first-order chi connectivity index (χ1) is 27.8. The molecule has 0 bridgehead atoms. The van der Waals surface area contributed by atoms with Crippen LogP contribution in [0.2, 0.25) is 0 Å². The van der Waals surface area contributed by atoms with Gasteiger partial charge in [-0.3, -0.25) is 4.90 Å². The maximum Gasteiger partial charge on any atom is 0.0513 e. The summed E-state index contributed by atoms with van der Waals surface area (Å²) in [5.41, 5.74) is 3.34. The lowest BCUT2D eigenvalue weighted by molar-refractivity contribution is 0.0701. The Morgan fingerprint density at radius 1 is 0.429 bits per heavy atom. The molecule has 0 saturated heterocycles. The van der Waals surface area contributed by atoms with Crippen molar-refractivity contribution >= 4 is 0 Å². The van der Waals surface area contributed by atoms with Gasteiger partial charge in [-0.1, -0.05) is 118 Å². The van der Waals surface area contributed by atoms with E-state index >= 15 is 0 Å². The Balaban J connectivity index is 0.824. The van der Waals surface area contributed by atoms with Crippen LogP contribution in [0.4, 0.5) is 0 Å². The van der Waals surface area contributed by atoms with E-state index in [1.807, 2.05) is 0 Å². The highest BCUT2D eigenvalue weighted by atomic mass is 15.2. The summed E-state index contributed by atoms with van der Waals surface area (Å²) in [6.07, 6.45) is 71.0. The minimum Gasteiger partial charge on any atom is -0.362 e. The molecule has 3 saturated carbocycles. The van der Waals surface area contributed by atoms with Crippen molar-refractivity contribution in [2.45, 2.75) is 210 Å². The molecule has 56 heavy (non-hydrogen) atoms. The average Bonchev–Trinajstić information content (AvgIpc) is 3.29. The Bertz CT molecular complexity index is 1480. The predicted molar refractivity (Wildman–Crippen MR) is 238 cm³/mol. The fraction of sp³-hybridized carbons (Fsp3) is 0.741. The van der Waals surface area contributed by atoms with Gasteiger partial charge >= 0.3 is 0 Å². The molecule has 0 aromatic carbocycles. The van der Waals surface area contributed by atoms with E-state index in [0.717, 1.165) is 47.5 Å². The van der Waals surface area contributed by atoms with Crippen LogP contribution < -0.4 is 0 Å². The van der Waals surface area contributed by atoms with Crippen LogP contribution in [0, 0.1) is 41.4 Å². The molecule has 2 nitrogen and oxygen atoms in total. The quantitative estimate of drug-likeness (QED) is 0.205. The molecule has 9 aliphatic rings. The van der Waals surface area contributed by atoms with Gasteiger partial charge in [-0.15, -0.1) is 0 Å². The number of allylic oxidation sites excluding steroid dienone is 9. The lowest BCUT2D eigenvalue weighted by atomic mass is 9.69. The van der Waals surface area contributed by atoms with E-state index in [1.54, 1.807) is 11.3 Å². The zero-order valence-electron chi connectivity index (χ0n) is 35.5. The van der Waals surface area contributed by atoms with Gasteiger partial charge in [-0.2, -0.15) is 0 Å². The first-order valence-electron chi connectivity index (χ1n) is 25.1. The van der Waals surface area contributed by atoms with Crippen molar-refractivity contribution in [1.82, 2.24) is 9.80 Å². The Morgan fingerprint density at radius 3 is 1.75 bits per heavy atom. The molecule has 0 amide bonds. The highest BCUT2D eigenvalue weighted by Gasteiger charge is 2.38. The number of nitrogens with zero attached hydrogens (tertiary/aromatic N) is 2. The first-order valence-corrected chi connectivity index (χ1v) is 25.1. The molecular weight excluding hydrogens is 677 g/mol. The molecule has 0 spiro atoms. The number of hydrogen-bond donors (Lipinski definition) is 0. The van der Waals surface area contributed by atoms with Crippen molar-refractivity contribution in [2.24, 2.45) is 41.4 Å². The average molecular weight is 757 g/mol. The Morgan fingerprint density at radius 2 is 1.11 bits per heavy atom. The van der Waals surface area contributed by atoms with Crippen molar-refractivity contribution in [1.29, 1.82) is 0 Å². The van der Waals surface area contributed by atoms with Crippen LogP contribution >= 0.6 is 0 Å². The molecule has 9 rings (SSSR count). The van der Waals surface area contributed by atoms with E-state index < -0.39 is 0 Å². The van der Waals surface area contributed by atoms with E-state index in [1.165, 1.54) is 180 Å². The molecule has 0 radical (unpaired) electrons. The Kier molecular flexibility index (Phi) is 13.6. The Hall–Kier alpha value is -2.06. The van der Waals surface area contributed by atoms with Crippen LogP contribution in [0.3, 0.4) is 0 Å². The third-order valence-corrected chi connectivity index (χ3v) is 17.2. The minimum atomic E-state index is 0.519. The van der Waals surface area contributed by atoms with Gasteiger partial charge in [0, 0.05) is 29.9 Å². The van der Waals surface area contributed by atoms with Crippen LogP contribution in [0.25, 0.3) is 0 Å². The van der Waals surface area contributed by atoms with Gasteiger partial charge in [-0.25, -0.2) is 0 Å². The summed E-state index contributed by atoms with van der Waals surface area (Å²) < 4.78 is 0. The summed E-state index contributed by atoms with van der Waals surface area (Å²) in [4.78, 5) is 5.98. The smallest absolute Gasteiger partial charge is 0.0513 e. The highest BCUT2D eigenvalue weighted by Crippen LogP contribution is 2.45. The summed E-state index contributed by atoms with van der Waals surface area (Å²) in [7, 11) is 0. The molecule has 9 aliphatic carbocycles. The second-order valence-electron chi connectivity index (χ2n) is 20.6. The van der Waals surface area contributed by atoms with Crippen molar-refractivity contribution in [3.63, 3.8) is 0 Å². The second kappa shape index (κ2) is 19.3. The largest absolute Gasteiger partial charge is 0.362 e. The van der Waals surface area contributed by atoms with Crippen molar-refractivity contribution in [3.8, 4) is 0 Å². The van der Waals surface area contributed by atoms with Gasteiger partial charge in [0.05, 0.1) is 6.04 Å². The van der Waals surface area contributed by atoms with Crippen molar-refractivity contribution in [3.05, 3.63) is 84.2 Å². The molecule has 0 heterocycles. The molecular formula is C54H80N2. The van der Waals surface area contributed by atoms with Gasteiger partial charge in [-0.05, 0) is 182 Å². The lowest BCUT2D eigenvalue weighted by Crippen LogP contribution is -2.50. The molecule has 2 heteroatoms. The monoisotopic (exact) mass is 757 g/mol. The van der Waals surface area contributed by atoms with Gasteiger partial charge in [0.1, 0.15) is 0 Å². The van der Waals surface area contributed by atoms with E-state index in [-0.39, 0.29) is 0 Å². The molecule has 306 valence electrons. The summed E-state index contributed by atoms with van der Waals surface area (Å²) in [5, 5.41) is 0. The molecule has 0 N–H and O–H groups in total. The van der Waals surface area contributed by atoms with Crippen LogP contribution in [-0.2, 0) is 0 Å². The standard InChI is InChI=1S/C54H80N2/c1-5-14-41(15-6-1)43-24-32-51(33-25-43)55(49-20-9-3-10-21-49)53-36-28-45(29-37-53)47-18-13-19-48(40-47)46-30-38-54(39-31-46)56(50-22-11-4-12-23-50)52-34-26-44(27-35-52)42-16-7-2-8-17-42/h5,14,20,24,26,28-30,32,34,36,38,41-44,46-48,50-54H,1-4,6-13,15-19,21-23,25,27,31,33,35,37,39-40H2. The fourth-order valence-corrected chi connectivity index (χ4v) is 14.1. The first kappa shape index (κ1) is 39.4. The summed E-state index contributed by atoms with van der Waals surface area (Å²) >= 11 is 0. The van der Waals surface area contributed by atoms with E-state index in [9.17, 15) is 0 Å². The third-order valence-electron chi connectivity index (χ3n) is 17.2. The summed E-state index contributed by atoms with van der Waals surface area (Å²) in [6.45, 7) is 0. The highest BCUT2D eigenvalue weighted by molar-refractivity contribution is 5.30. The van der Waals surface area contributed by atoms with Gasteiger partial charge < -0.3 is 4.90 Å². The van der Waals surface area contributed by atoms with Crippen LogP contribution in [-0.4, -0.2) is 40.0 Å². The van der Waals surface area contributed by atoms with Crippen LogP contribution in [0.15, 0.2) is 84.2 Å². The number of hydrogen-bond acceptors (Lipinski definition) is 2. The third kappa shape index (κ3) is 9.37. The SMILES string of the molecule is C1=CC(C2C=CC(N(C3=CCCCC3)C3C=CC(C4CCCC(C5C=CC(N(C6C=CC(C7CCCCC7)CC6)C6CCCCC6)CC5)C4)=CC3)CC2)CCC1. The fourth-order valence-electron chi connectivity index (χ4n) is 14.1. The maximum atomic E-state index is 3.08. The molecule has 10 unspecified atom stereocenters. The van der Waals surface area contributed by atoms with Gasteiger partial charge in [0.2, 0.25) is 0 Å². The van der Waals surface area contributed by atoms with E-state index in [2.05, 4.69) is 82.7 Å². The predicted octanol–water partition coefficient (Wildman–Crippen LogP) is 14.4. The van der Waals surface area contributed by atoms with E-state index in [0.29, 0.717) is 24.2 Å². The Labute approximate surface area is 344 Å². The zero-order valence-corrected chi connectivity index (χ0v) is 35.5. The van der Waals surface area contributed by atoms with Crippen LogP contribution in [0.5, 0.6) is 0 Å². The molecule has 10 atom stereocenters. The van der Waals surface area contributed by atoms with Crippen molar-refractivity contribution in [2.75, 3.05) is 0 Å². The zero-order chi connectivity index (χ0) is 37.5. The minimum absolute atomic E-state index is 0.519. The lowest BCUT2D eigenvalue weighted by Gasteiger charge is -2.47. The van der Waals surface area contributed by atoms with Gasteiger partial charge in [0.25, 0.3) is 0 Å².